The second kappa shape index (κ2) is 8.52. The van der Waals surface area contributed by atoms with Gasteiger partial charge in [-0.05, 0) is 19.8 Å². The molecule has 1 amide bonds. The molecule has 1 saturated carbocycles. The number of nitrogens with zero attached hydrogens (tertiary/aromatic N) is 5. The summed E-state index contributed by atoms with van der Waals surface area (Å²) in [6.07, 6.45) is 2.28. The van der Waals surface area contributed by atoms with Crippen LogP contribution in [0.3, 0.4) is 0 Å². The number of rotatable bonds is 7. The molecule has 158 valence electrons. The number of carbonyl (C=O) groups is 2. The Balaban J connectivity index is 1.21. The van der Waals surface area contributed by atoms with Gasteiger partial charge in [0.25, 0.3) is 0 Å². The maximum atomic E-state index is 12.4. The predicted molar refractivity (Wildman–Crippen MR) is 103 cm³/mol. The van der Waals surface area contributed by atoms with Crippen LogP contribution in [0.15, 0.2) is 0 Å². The molecule has 4 aliphatic rings. The van der Waals surface area contributed by atoms with Crippen LogP contribution in [0.25, 0.3) is 0 Å². The van der Waals surface area contributed by atoms with E-state index in [0.29, 0.717) is 19.6 Å². The van der Waals surface area contributed by atoms with Gasteiger partial charge in [-0.3, -0.25) is 29.3 Å². The number of hydrogen-bond acceptors (Lipinski definition) is 7. The Morgan fingerprint density at radius 2 is 1.57 bits per heavy atom. The second-order valence-corrected chi connectivity index (χ2v) is 8.52. The highest BCUT2D eigenvalue weighted by Gasteiger charge is 2.43. The van der Waals surface area contributed by atoms with Crippen molar-refractivity contribution >= 4 is 12.1 Å². The number of amides is 1. The zero-order valence-electron chi connectivity index (χ0n) is 16.8. The Morgan fingerprint density at radius 3 is 2.18 bits per heavy atom. The molecule has 4 fully saturated rings. The summed E-state index contributed by atoms with van der Waals surface area (Å²) in [5, 5.41) is 8.93. The zero-order valence-corrected chi connectivity index (χ0v) is 16.8. The molecule has 0 spiro atoms. The van der Waals surface area contributed by atoms with Crippen LogP contribution in [-0.2, 0) is 9.53 Å². The summed E-state index contributed by atoms with van der Waals surface area (Å²) in [6, 6.07) is 0.860. The van der Waals surface area contributed by atoms with E-state index in [1.54, 1.807) is 0 Å². The van der Waals surface area contributed by atoms with Crippen LogP contribution in [-0.4, -0.2) is 132 Å². The summed E-state index contributed by atoms with van der Waals surface area (Å²) in [5.74, 6) is -0.793. The van der Waals surface area contributed by atoms with Gasteiger partial charge in [-0.2, -0.15) is 0 Å². The first-order valence-corrected chi connectivity index (χ1v) is 10.6. The molecule has 0 bridgehead atoms. The number of ether oxygens (including phenoxy) is 1. The third-order valence-electron chi connectivity index (χ3n) is 6.61. The van der Waals surface area contributed by atoms with E-state index >= 15 is 0 Å². The monoisotopic (exact) mass is 395 g/mol. The van der Waals surface area contributed by atoms with Crippen molar-refractivity contribution in [3.8, 4) is 0 Å². The van der Waals surface area contributed by atoms with Crippen LogP contribution in [0, 0.1) is 0 Å². The number of carboxylic acids is 1. The first-order valence-electron chi connectivity index (χ1n) is 10.6. The topological polar surface area (TPSA) is 79.8 Å². The first kappa shape index (κ1) is 19.9. The van der Waals surface area contributed by atoms with E-state index in [9.17, 15) is 9.59 Å². The van der Waals surface area contributed by atoms with Gasteiger partial charge >= 0.3 is 12.1 Å². The van der Waals surface area contributed by atoms with E-state index in [-0.39, 0.29) is 24.9 Å². The quantitative estimate of drug-likeness (QED) is 0.626. The lowest BCUT2D eigenvalue weighted by Gasteiger charge is -2.38. The highest BCUT2D eigenvalue weighted by Crippen LogP contribution is 2.27. The fourth-order valence-corrected chi connectivity index (χ4v) is 4.67. The number of cyclic esters (lactones) is 1. The molecule has 2 unspecified atom stereocenters. The Kier molecular flexibility index (Phi) is 6.05. The third kappa shape index (κ3) is 4.59. The van der Waals surface area contributed by atoms with Crippen molar-refractivity contribution in [1.29, 1.82) is 0 Å². The predicted octanol–water partition coefficient (Wildman–Crippen LogP) is -0.365. The molecule has 1 N–H and O–H groups in total. The smallest absolute Gasteiger partial charge is 0.411 e. The molecule has 3 aliphatic heterocycles. The van der Waals surface area contributed by atoms with Crippen LogP contribution in [0.2, 0.25) is 0 Å². The second-order valence-electron chi connectivity index (χ2n) is 8.52. The Labute approximate surface area is 166 Å². The molecule has 0 aromatic carbocycles. The van der Waals surface area contributed by atoms with Gasteiger partial charge in [-0.1, -0.05) is 0 Å². The van der Waals surface area contributed by atoms with E-state index in [1.807, 2.05) is 9.80 Å². The van der Waals surface area contributed by atoms with Crippen molar-refractivity contribution in [3.63, 3.8) is 0 Å². The van der Waals surface area contributed by atoms with Crippen LogP contribution >= 0.6 is 0 Å². The highest BCUT2D eigenvalue weighted by atomic mass is 16.6. The lowest BCUT2D eigenvalue weighted by molar-refractivity contribution is -0.139. The maximum absolute atomic E-state index is 12.4. The van der Waals surface area contributed by atoms with Crippen LogP contribution in [0.5, 0.6) is 0 Å². The van der Waals surface area contributed by atoms with Crippen LogP contribution < -0.4 is 0 Å². The molecule has 28 heavy (non-hydrogen) atoms. The van der Waals surface area contributed by atoms with Crippen molar-refractivity contribution in [1.82, 2.24) is 24.5 Å². The van der Waals surface area contributed by atoms with Crippen molar-refractivity contribution < 1.29 is 19.4 Å². The summed E-state index contributed by atoms with van der Waals surface area (Å²) in [7, 11) is 0. The molecular weight excluding hydrogens is 362 g/mol. The summed E-state index contributed by atoms with van der Waals surface area (Å²) in [4.78, 5) is 34.3. The average Bonchev–Trinajstić information content (AvgIpc) is 3.48. The van der Waals surface area contributed by atoms with Gasteiger partial charge in [0, 0.05) is 71.5 Å². The van der Waals surface area contributed by atoms with Crippen molar-refractivity contribution in [2.24, 2.45) is 0 Å². The SMILES string of the molecule is CC1C(N2CCN(CC(=O)O)CC2)OC(=O)N1CCN1CCN(C2CC2)CC1. The molecule has 0 aromatic rings. The van der Waals surface area contributed by atoms with E-state index in [2.05, 4.69) is 21.6 Å². The average molecular weight is 396 g/mol. The van der Waals surface area contributed by atoms with E-state index < -0.39 is 5.97 Å². The summed E-state index contributed by atoms with van der Waals surface area (Å²) in [6.45, 7) is 11.1. The minimum absolute atomic E-state index is 0.0197. The minimum Gasteiger partial charge on any atom is -0.480 e. The maximum Gasteiger partial charge on any atom is 0.411 e. The number of carboxylic acid groups (broad SMARTS) is 1. The largest absolute Gasteiger partial charge is 0.480 e. The molecule has 1 aliphatic carbocycles. The third-order valence-corrected chi connectivity index (χ3v) is 6.61. The van der Waals surface area contributed by atoms with Gasteiger partial charge < -0.3 is 9.84 Å². The lowest BCUT2D eigenvalue weighted by atomic mass is 10.2. The molecule has 4 rings (SSSR count). The summed E-state index contributed by atoms with van der Waals surface area (Å²) >= 11 is 0. The normalized spacial score (nSPS) is 31.3. The molecule has 3 saturated heterocycles. The van der Waals surface area contributed by atoms with Gasteiger partial charge in [-0.15, -0.1) is 0 Å². The van der Waals surface area contributed by atoms with Crippen molar-refractivity contribution in [3.05, 3.63) is 0 Å². The van der Waals surface area contributed by atoms with Crippen LogP contribution in [0.4, 0.5) is 4.79 Å². The van der Waals surface area contributed by atoms with E-state index in [4.69, 9.17) is 9.84 Å². The minimum atomic E-state index is -0.793. The van der Waals surface area contributed by atoms with Gasteiger partial charge in [0.2, 0.25) is 0 Å². The molecule has 0 aromatic heterocycles. The van der Waals surface area contributed by atoms with Gasteiger partial charge in [0.15, 0.2) is 6.23 Å². The molecular formula is C19H33N5O4. The molecule has 9 nitrogen and oxygen atoms in total. The van der Waals surface area contributed by atoms with Gasteiger partial charge in [-0.25, -0.2) is 4.79 Å². The van der Waals surface area contributed by atoms with Crippen LogP contribution in [0.1, 0.15) is 19.8 Å². The molecule has 9 heteroatoms. The molecule has 3 heterocycles. The first-order chi connectivity index (χ1) is 13.5. The Morgan fingerprint density at radius 1 is 0.964 bits per heavy atom. The standard InChI is InChI=1S/C19H33N5O4/c1-15-18(23-11-6-21(7-12-23)14-17(25)26)28-19(27)24(15)13-8-20-4-9-22(10-5-20)16-2-3-16/h15-16,18H,2-14H2,1H3,(H,25,26). The number of hydrogen-bond donors (Lipinski definition) is 1. The van der Waals surface area contributed by atoms with E-state index in [1.165, 1.54) is 12.8 Å². The molecule has 0 radical (unpaired) electrons. The fraction of sp³-hybridized carbons (Fsp3) is 0.895. The Bertz CT molecular complexity index is 571. The van der Waals surface area contributed by atoms with Gasteiger partial charge in [0.05, 0.1) is 12.6 Å². The fourth-order valence-electron chi connectivity index (χ4n) is 4.67. The number of carbonyl (C=O) groups excluding carboxylic acids is 1. The zero-order chi connectivity index (χ0) is 19.7. The summed E-state index contributed by atoms with van der Waals surface area (Å²) in [5.41, 5.74) is 0. The van der Waals surface area contributed by atoms with E-state index in [0.717, 1.165) is 51.9 Å². The lowest BCUT2D eigenvalue weighted by Crippen LogP contribution is -2.54. The Hall–Kier alpha value is -1.42. The molecule has 2 atom stereocenters. The van der Waals surface area contributed by atoms with Gasteiger partial charge in [0.1, 0.15) is 0 Å². The van der Waals surface area contributed by atoms with Crippen molar-refractivity contribution in [2.75, 3.05) is 72.0 Å². The number of aliphatic carboxylic acids is 1. The highest BCUT2D eigenvalue weighted by molar-refractivity contribution is 5.70. The van der Waals surface area contributed by atoms with Crippen molar-refractivity contribution in [2.45, 2.75) is 38.1 Å². The number of piperazine rings is 2. The summed E-state index contributed by atoms with van der Waals surface area (Å²) < 4.78 is 5.69.